The minimum absolute atomic E-state index is 0.0487. The maximum atomic E-state index is 14.4. The van der Waals surface area contributed by atoms with Crippen LogP contribution >= 0.6 is 0 Å². The summed E-state index contributed by atoms with van der Waals surface area (Å²) in [6.07, 6.45) is 0.412. The van der Waals surface area contributed by atoms with E-state index in [1.54, 1.807) is 0 Å². The number of benzene rings is 1. The predicted octanol–water partition coefficient (Wildman–Crippen LogP) is 1.73. The minimum atomic E-state index is -3.79. The zero-order chi connectivity index (χ0) is 17.9. The molecule has 2 aliphatic rings. The number of rotatable bonds is 6. The van der Waals surface area contributed by atoms with Gasteiger partial charge in [-0.1, -0.05) is 30.3 Å². The Bertz CT molecular complexity index is 587. The second kappa shape index (κ2) is 7.35. The van der Waals surface area contributed by atoms with Crippen LogP contribution in [0.3, 0.4) is 0 Å². The van der Waals surface area contributed by atoms with Gasteiger partial charge >= 0.3 is 5.92 Å². The van der Waals surface area contributed by atoms with Gasteiger partial charge in [-0.15, -0.1) is 0 Å². The van der Waals surface area contributed by atoms with E-state index in [1.807, 2.05) is 30.3 Å². The highest BCUT2D eigenvalue weighted by Crippen LogP contribution is 2.44. The molecule has 5 nitrogen and oxygen atoms in total. The van der Waals surface area contributed by atoms with Gasteiger partial charge in [0, 0.05) is 19.6 Å². The molecule has 1 heterocycles. The molecule has 3 rings (SSSR count). The van der Waals surface area contributed by atoms with E-state index in [0.29, 0.717) is 39.3 Å². The van der Waals surface area contributed by atoms with Crippen molar-refractivity contribution in [3.05, 3.63) is 35.9 Å². The first-order valence-electron chi connectivity index (χ1n) is 8.69. The third-order valence-electron chi connectivity index (χ3n) is 5.10. The Kier molecular flexibility index (Phi) is 5.36. The fourth-order valence-corrected chi connectivity index (χ4v) is 3.25. The molecule has 2 N–H and O–H groups in total. The quantitative estimate of drug-likeness (QED) is 0.817. The van der Waals surface area contributed by atoms with Gasteiger partial charge in [0.05, 0.1) is 19.3 Å². The first-order chi connectivity index (χ1) is 11.9. The van der Waals surface area contributed by atoms with Gasteiger partial charge in [-0.3, -0.25) is 9.69 Å². The number of ether oxygens (including phenoxy) is 1. The van der Waals surface area contributed by atoms with Crippen molar-refractivity contribution in [2.45, 2.75) is 36.8 Å². The topological polar surface area (TPSA) is 61.8 Å². The Balaban J connectivity index is 1.73. The van der Waals surface area contributed by atoms with Crippen LogP contribution in [0.4, 0.5) is 8.78 Å². The van der Waals surface area contributed by atoms with Crippen molar-refractivity contribution >= 4 is 5.91 Å². The number of amides is 1. The molecule has 1 aromatic carbocycles. The molecule has 1 atom stereocenters. The first kappa shape index (κ1) is 18.2. The third-order valence-corrected chi connectivity index (χ3v) is 5.10. The number of hydrogen-bond donors (Lipinski definition) is 2. The van der Waals surface area contributed by atoms with Crippen molar-refractivity contribution in [1.82, 2.24) is 10.2 Å². The van der Waals surface area contributed by atoms with E-state index < -0.39 is 23.5 Å². The summed E-state index contributed by atoms with van der Waals surface area (Å²) in [6, 6.07) is 8.50. The van der Waals surface area contributed by atoms with Crippen molar-refractivity contribution in [2.75, 3.05) is 32.8 Å². The van der Waals surface area contributed by atoms with Gasteiger partial charge in [0.1, 0.15) is 5.60 Å². The largest absolute Gasteiger partial charge is 0.383 e. The smallest absolute Gasteiger partial charge is 0.352 e. The van der Waals surface area contributed by atoms with Gasteiger partial charge < -0.3 is 15.2 Å². The molecule has 0 aromatic heterocycles. The fraction of sp³-hybridized carbons (Fsp3) is 0.611. The summed E-state index contributed by atoms with van der Waals surface area (Å²) in [6.45, 7) is 2.99. The molecule has 2 fully saturated rings. The molecule has 1 aliphatic carbocycles. The lowest BCUT2D eigenvalue weighted by molar-refractivity contribution is -0.216. The molecular weight excluding hydrogens is 330 g/mol. The molecule has 0 bridgehead atoms. The van der Waals surface area contributed by atoms with Gasteiger partial charge in [-0.25, -0.2) is 0 Å². The average molecular weight is 354 g/mol. The normalized spacial score (nSPS) is 22.0. The summed E-state index contributed by atoms with van der Waals surface area (Å²) in [5, 5.41) is 12.4. The highest BCUT2D eigenvalue weighted by Gasteiger charge is 2.61. The lowest BCUT2D eigenvalue weighted by atomic mass is 9.75. The Morgan fingerprint density at radius 3 is 2.48 bits per heavy atom. The van der Waals surface area contributed by atoms with E-state index in [9.17, 15) is 18.7 Å². The Labute approximate surface area is 146 Å². The van der Waals surface area contributed by atoms with Crippen molar-refractivity contribution in [2.24, 2.45) is 0 Å². The zero-order valence-corrected chi connectivity index (χ0v) is 14.1. The van der Waals surface area contributed by atoms with Crippen LogP contribution in [0.5, 0.6) is 0 Å². The van der Waals surface area contributed by atoms with Gasteiger partial charge in [0.15, 0.2) is 0 Å². The van der Waals surface area contributed by atoms with E-state index in [2.05, 4.69) is 10.2 Å². The van der Waals surface area contributed by atoms with Crippen LogP contribution in [0.1, 0.15) is 30.9 Å². The predicted molar refractivity (Wildman–Crippen MR) is 88.3 cm³/mol. The van der Waals surface area contributed by atoms with Gasteiger partial charge in [-0.05, 0) is 24.8 Å². The van der Waals surface area contributed by atoms with E-state index in [4.69, 9.17) is 4.74 Å². The van der Waals surface area contributed by atoms with E-state index in [1.165, 1.54) is 0 Å². The number of carbonyl (C=O) groups excluding carboxylic acids is 1. The van der Waals surface area contributed by atoms with Crippen LogP contribution in [0.15, 0.2) is 30.3 Å². The maximum Gasteiger partial charge on any atom is 0.352 e. The number of nitrogens with one attached hydrogen (secondary N) is 1. The number of morpholine rings is 1. The van der Waals surface area contributed by atoms with Crippen LogP contribution < -0.4 is 5.32 Å². The van der Waals surface area contributed by atoms with Gasteiger partial charge in [0.25, 0.3) is 5.91 Å². The standard InChI is InChI=1S/C18H24F2N2O3/c19-18(20,17(24)7-4-8-17)16(23)21-15(14-5-2-1-3-6-14)13-22-9-11-25-12-10-22/h1-3,5-6,15,24H,4,7-13H2,(H,21,23)/t15-/m0/s1. The zero-order valence-electron chi connectivity index (χ0n) is 14.1. The SMILES string of the molecule is O=C(N[C@@H](CN1CCOCC1)c1ccccc1)C(F)(F)C1(O)CCC1. The highest BCUT2D eigenvalue weighted by atomic mass is 19.3. The van der Waals surface area contributed by atoms with Crippen LogP contribution in [0.2, 0.25) is 0 Å². The number of aliphatic hydroxyl groups is 1. The number of hydrogen-bond acceptors (Lipinski definition) is 4. The van der Waals surface area contributed by atoms with E-state index >= 15 is 0 Å². The second-order valence-electron chi connectivity index (χ2n) is 6.81. The van der Waals surface area contributed by atoms with E-state index in [0.717, 1.165) is 5.56 Å². The van der Waals surface area contributed by atoms with Crippen LogP contribution in [0, 0.1) is 0 Å². The second-order valence-corrected chi connectivity index (χ2v) is 6.81. The van der Waals surface area contributed by atoms with Gasteiger partial charge in [0.2, 0.25) is 0 Å². The lowest BCUT2D eigenvalue weighted by Crippen LogP contribution is -2.61. The molecular formula is C18H24F2N2O3. The Morgan fingerprint density at radius 2 is 1.92 bits per heavy atom. The monoisotopic (exact) mass is 354 g/mol. The fourth-order valence-electron chi connectivity index (χ4n) is 3.25. The van der Waals surface area contributed by atoms with Crippen LogP contribution in [-0.2, 0) is 9.53 Å². The highest BCUT2D eigenvalue weighted by molar-refractivity contribution is 5.85. The number of carbonyl (C=O) groups is 1. The van der Waals surface area contributed by atoms with Crippen molar-refractivity contribution in [3.63, 3.8) is 0 Å². The van der Waals surface area contributed by atoms with Crippen molar-refractivity contribution in [1.29, 1.82) is 0 Å². The molecule has 25 heavy (non-hydrogen) atoms. The molecule has 1 aliphatic heterocycles. The number of nitrogens with zero attached hydrogens (tertiary/aromatic N) is 1. The number of halogens is 2. The van der Waals surface area contributed by atoms with Crippen LogP contribution in [0.25, 0.3) is 0 Å². The maximum absolute atomic E-state index is 14.4. The van der Waals surface area contributed by atoms with Crippen molar-refractivity contribution < 1.29 is 23.4 Å². The van der Waals surface area contributed by atoms with Gasteiger partial charge in [-0.2, -0.15) is 8.78 Å². The summed E-state index contributed by atoms with van der Waals surface area (Å²) in [7, 11) is 0. The Morgan fingerprint density at radius 1 is 1.28 bits per heavy atom. The molecule has 0 unspecified atom stereocenters. The molecule has 1 amide bonds. The minimum Gasteiger partial charge on any atom is -0.383 e. The molecule has 1 saturated carbocycles. The molecule has 138 valence electrons. The summed E-state index contributed by atoms with van der Waals surface area (Å²) < 4.78 is 34.1. The third kappa shape index (κ3) is 3.83. The lowest BCUT2D eigenvalue weighted by Gasteiger charge is -2.42. The number of alkyl halides is 2. The summed E-state index contributed by atoms with van der Waals surface area (Å²) >= 11 is 0. The summed E-state index contributed by atoms with van der Waals surface area (Å²) in [5.41, 5.74) is -1.45. The molecule has 0 spiro atoms. The summed E-state index contributed by atoms with van der Waals surface area (Å²) in [4.78, 5) is 14.3. The van der Waals surface area contributed by atoms with Crippen molar-refractivity contribution in [3.8, 4) is 0 Å². The molecule has 1 saturated heterocycles. The molecule has 7 heteroatoms. The Hall–Kier alpha value is -1.57. The van der Waals surface area contributed by atoms with E-state index in [-0.39, 0.29) is 12.8 Å². The molecule has 0 radical (unpaired) electrons. The van der Waals surface area contributed by atoms with Crippen LogP contribution in [-0.4, -0.2) is 60.3 Å². The summed E-state index contributed by atoms with van der Waals surface area (Å²) in [5.74, 6) is -5.19. The average Bonchev–Trinajstić information content (AvgIpc) is 2.60. The molecule has 1 aromatic rings. The first-order valence-corrected chi connectivity index (χ1v) is 8.69.